The number of aromatic nitrogens is 1. The first kappa shape index (κ1) is 11.7. The van der Waals surface area contributed by atoms with Crippen molar-refractivity contribution in [2.45, 2.75) is 6.92 Å². The van der Waals surface area contributed by atoms with Gasteiger partial charge in [0.05, 0.1) is 16.9 Å². The second-order valence-electron chi connectivity index (χ2n) is 3.74. The number of nitrogens with zero attached hydrogens (tertiary/aromatic N) is 1. The lowest BCUT2D eigenvalue weighted by atomic mass is 10.2. The molecule has 0 unspecified atom stereocenters. The maximum absolute atomic E-state index is 13.2. The molecule has 0 bridgehead atoms. The van der Waals surface area contributed by atoms with E-state index in [0.29, 0.717) is 22.2 Å². The molecule has 2 aromatic rings. The van der Waals surface area contributed by atoms with Gasteiger partial charge in [0.25, 0.3) is 0 Å². The van der Waals surface area contributed by atoms with Gasteiger partial charge in [0, 0.05) is 5.69 Å². The zero-order chi connectivity index (χ0) is 12.4. The summed E-state index contributed by atoms with van der Waals surface area (Å²) in [5.41, 5.74) is 7.43. The maximum Gasteiger partial charge on any atom is 0.149 e. The predicted octanol–water partition coefficient (Wildman–Crippen LogP) is 3.51. The standard InChI is InChI=1S/C12H11ClFN3/c1-7-2-8(14)4-10(3-7)17-12-11(13)5-9(15)6-16-12/h2-6H,15H2,1H3,(H,16,17). The molecular formula is C12H11ClFN3. The van der Waals surface area contributed by atoms with Crippen molar-refractivity contribution in [3.63, 3.8) is 0 Å². The Labute approximate surface area is 103 Å². The molecule has 0 spiro atoms. The first-order chi connectivity index (χ1) is 8.04. The van der Waals surface area contributed by atoms with Crippen molar-refractivity contribution < 1.29 is 4.39 Å². The number of anilines is 3. The highest BCUT2D eigenvalue weighted by molar-refractivity contribution is 6.33. The fourth-order valence-electron chi connectivity index (χ4n) is 1.49. The van der Waals surface area contributed by atoms with E-state index in [-0.39, 0.29) is 5.82 Å². The summed E-state index contributed by atoms with van der Waals surface area (Å²) in [5, 5.41) is 3.34. The van der Waals surface area contributed by atoms with Crippen LogP contribution in [0.5, 0.6) is 0 Å². The van der Waals surface area contributed by atoms with Crippen molar-refractivity contribution >= 4 is 28.8 Å². The van der Waals surface area contributed by atoms with Gasteiger partial charge >= 0.3 is 0 Å². The minimum Gasteiger partial charge on any atom is -0.397 e. The molecule has 1 aromatic heterocycles. The van der Waals surface area contributed by atoms with Gasteiger partial charge in [-0.15, -0.1) is 0 Å². The molecule has 0 saturated carbocycles. The molecule has 0 aliphatic rings. The van der Waals surface area contributed by atoms with Crippen molar-refractivity contribution in [3.05, 3.63) is 46.9 Å². The van der Waals surface area contributed by atoms with Crippen LogP contribution in [0.15, 0.2) is 30.5 Å². The molecule has 17 heavy (non-hydrogen) atoms. The van der Waals surface area contributed by atoms with Gasteiger partial charge in [-0.05, 0) is 36.8 Å². The van der Waals surface area contributed by atoms with Gasteiger partial charge in [0.1, 0.15) is 11.6 Å². The van der Waals surface area contributed by atoms with Crippen LogP contribution in [0.3, 0.4) is 0 Å². The van der Waals surface area contributed by atoms with Crippen molar-refractivity contribution in [3.8, 4) is 0 Å². The molecule has 3 nitrogen and oxygen atoms in total. The monoisotopic (exact) mass is 251 g/mol. The second-order valence-corrected chi connectivity index (χ2v) is 4.15. The number of hydrogen-bond donors (Lipinski definition) is 2. The van der Waals surface area contributed by atoms with E-state index in [2.05, 4.69) is 10.3 Å². The van der Waals surface area contributed by atoms with Gasteiger partial charge in [-0.3, -0.25) is 0 Å². The lowest BCUT2D eigenvalue weighted by Gasteiger charge is -2.08. The Hall–Kier alpha value is -1.81. The Morgan fingerprint density at radius 1 is 1.29 bits per heavy atom. The summed E-state index contributed by atoms with van der Waals surface area (Å²) in [6.07, 6.45) is 1.49. The van der Waals surface area contributed by atoms with Crippen LogP contribution in [0, 0.1) is 12.7 Å². The minimum absolute atomic E-state index is 0.306. The number of hydrogen-bond acceptors (Lipinski definition) is 3. The summed E-state index contributed by atoms with van der Waals surface area (Å²) in [7, 11) is 0. The average Bonchev–Trinajstić information content (AvgIpc) is 2.21. The smallest absolute Gasteiger partial charge is 0.149 e. The number of nitrogens with two attached hydrogens (primary N) is 1. The van der Waals surface area contributed by atoms with Crippen LogP contribution in [0.1, 0.15) is 5.56 Å². The summed E-state index contributed by atoms with van der Waals surface area (Å²) in [6.45, 7) is 1.81. The van der Waals surface area contributed by atoms with Gasteiger partial charge in [-0.2, -0.15) is 0 Å². The fraction of sp³-hybridized carbons (Fsp3) is 0.0833. The van der Waals surface area contributed by atoms with Crippen LogP contribution in [0.25, 0.3) is 0 Å². The fourth-order valence-corrected chi connectivity index (χ4v) is 1.71. The lowest BCUT2D eigenvalue weighted by Crippen LogP contribution is -1.97. The molecule has 2 rings (SSSR count). The van der Waals surface area contributed by atoms with Crippen molar-refractivity contribution in [1.29, 1.82) is 0 Å². The third kappa shape index (κ3) is 2.85. The topological polar surface area (TPSA) is 50.9 Å². The van der Waals surface area contributed by atoms with E-state index in [9.17, 15) is 4.39 Å². The lowest BCUT2D eigenvalue weighted by molar-refractivity contribution is 0.627. The number of nitrogen functional groups attached to an aromatic ring is 1. The molecule has 0 saturated heterocycles. The van der Waals surface area contributed by atoms with Crippen molar-refractivity contribution in [1.82, 2.24) is 4.98 Å². The highest BCUT2D eigenvalue weighted by Crippen LogP contribution is 2.25. The SMILES string of the molecule is Cc1cc(F)cc(Nc2ncc(N)cc2Cl)c1. The van der Waals surface area contributed by atoms with Gasteiger partial charge in [-0.1, -0.05) is 11.6 Å². The number of halogens is 2. The third-order valence-corrected chi connectivity index (χ3v) is 2.46. The summed E-state index contributed by atoms with van der Waals surface area (Å²) < 4.78 is 13.2. The molecule has 3 N–H and O–H groups in total. The molecule has 1 aromatic carbocycles. The highest BCUT2D eigenvalue weighted by atomic mass is 35.5. The minimum atomic E-state index is -0.306. The predicted molar refractivity (Wildman–Crippen MR) is 68.1 cm³/mol. The Kier molecular flexibility index (Phi) is 3.15. The molecule has 0 aliphatic heterocycles. The molecule has 0 atom stereocenters. The largest absolute Gasteiger partial charge is 0.397 e. The number of pyridine rings is 1. The number of nitrogens with one attached hydrogen (secondary N) is 1. The van der Waals surface area contributed by atoms with Gasteiger partial charge in [0.15, 0.2) is 0 Å². The normalized spacial score (nSPS) is 10.3. The number of rotatable bonds is 2. The summed E-state index contributed by atoms with van der Waals surface area (Å²) in [4.78, 5) is 4.04. The zero-order valence-electron chi connectivity index (χ0n) is 9.17. The van der Waals surface area contributed by atoms with E-state index in [4.69, 9.17) is 17.3 Å². The number of aryl methyl sites for hydroxylation is 1. The van der Waals surface area contributed by atoms with Crippen LogP contribution in [0.2, 0.25) is 5.02 Å². The molecule has 88 valence electrons. The molecule has 5 heteroatoms. The van der Waals surface area contributed by atoms with Gasteiger partial charge in [-0.25, -0.2) is 9.37 Å². The van der Waals surface area contributed by atoms with Crippen LogP contribution >= 0.6 is 11.6 Å². The average molecular weight is 252 g/mol. The Bertz CT molecular complexity index is 537. The Morgan fingerprint density at radius 3 is 2.71 bits per heavy atom. The van der Waals surface area contributed by atoms with Crippen molar-refractivity contribution in [2.24, 2.45) is 0 Å². The second kappa shape index (κ2) is 4.59. The van der Waals surface area contributed by atoms with Crippen LogP contribution in [-0.2, 0) is 0 Å². The van der Waals surface area contributed by atoms with Crippen LogP contribution in [0.4, 0.5) is 21.6 Å². The molecule has 0 radical (unpaired) electrons. The van der Waals surface area contributed by atoms with E-state index in [0.717, 1.165) is 5.56 Å². The number of benzene rings is 1. The van der Waals surface area contributed by atoms with Crippen LogP contribution in [-0.4, -0.2) is 4.98 Å². The van der Waals surface area contributed by atoms with E-state index in [1.165, 1.54) is 18.3 Å². The van der Waals surface area contributed by atoms with Gasteiger partial charge < -0.3 is 11.1 Å². The van der Waals surface area contributed by atoms with E-state index in [1.807, 2.05) is 6.92 Å². The summed E-state index contributed by atoms with van der Waals surface area (Å²) in [6, 6.07) is 6.21. The van der Waals surface area contributed by atoms with E-state index < -0.39 is 0 Å². The summed E-state index contributed by atoms with van der Waals surface area (Å²) >= 11 is 5.96. The molecule has 1 heterocycles. The zero-order valence-corrected chi connectivity index (χ0v) is 9.92. The molecule has 0 amide bonds. The third-order valence-electron chi connectivity index (χ3n) is 2.17. The molecule has 0 aliphatic carbocycles. The molecule has 0 fully saturated rings. The Morgan fingerprint density at radius 2 is 2.06 bits per heavy atom. The van der Waals surface area contributed by atoms with Crippen molar-refractivity contribution in [2.75, 3.05) is 11.1 Å². The first-order valence-electron chi connectivity index (χ1n) is 5.00. The Balaban J connectivity index is 2.31. The molecular weight excluding hydrogens is 241 g/mol. The van der Waals surface area contributed by atoms with E-state index in [1.54, 1.807) is 12.1 Å². The quantitative estimate of drug-likeness (QED) is 0.859. The highest BCUT2D eigenvalue weighted by Gasteiger charge is 2.04. The maximum atomic E-state index is 13.2. The first-order valence-corrected chi connectivity index (χ1v) is 5.37. The van der Waals surface area contributed by atoms with E-state index >= 15 is 0 Å². The van der Waals surface area contributed by atoms with Crippen LogP contribution < -0.4 is 11.1 Å². The summed E-state index contributed by atoms with van der Waals surface area (Å²) in [5.74, 6) is 0.143. The van der Waals surface area contributed by atoms with Gasteiger partial charge in [0.2, 0.25) is 0 Å².